The molecule has 0 aromatic heterocycles. The average Bonchev–Trinajstić information content (AvgIpc) is 2.51. The highest BCUT2D eigenvalue weighted by Gasteiger charge is 2.05. The number of thioether (sulfide) groups is 1. The molecule has 23 heavy (non-hydrogen) atoms. The third-order valence-corrected chi connectivity index (χ3v) is 4.66. The summed E-state index contributed by atoms with van der Waals surface area (Å²) in [5, 5.41) is 2.86. The summed E-state index contributed by atoms with van der Waals surface area (Å²) in [7, 11) is 0. The first-order valence-corrected chi connectivity index (χ1v) is 8.55. The van der Waals surface area contributed by atoms with E-state index in [-0.39, 0.29) is 11.7 Å². The third kappa shape index (κ3) is 5.25. The van der Waals surface area contributed by atoms with Gasteiger partial charge in [-0.15, -0.1) is 11.8 Å². The van der Waals surface area contributed by atoms with Crippen molar-refractivity contribution in [3.8, 4) is 0 Å². The van der Waals surface area contributed by atoms with Gasteiger partial charge in [-0.1, -0.05) is 17.7 Å². The Kier molecular flexibility index (Phi) is 5.99. The lowest BCUT2D eigenvalue weighted by molar-refractivity contribution is -0.115. The van der Waals surface area contributed by atoms with E-state index >= 15 is 0 Å². The predicted octanol–water partition coefficient (Wildman–Crippen LogP) is 4.63. The first-order valence-electron chi connectivity index (χ1n) is 7.56. The van der Waals surface area contributed by atoms with E-state index in [1.165, 1.54) is 22.9 Å². The van der Waals surface area contributed by atoms with Gasteiger partial charge in [0.1, 0.15) is 0 Å². The molecule has 0 aliphatic heterocycles. The van der Waals surface area contributed by atoms with Crippen LogP contribution in [0.4, 0.5) is 5.69 Å². The molecule has 0 saturated heterocycles. The van der Waals surface area contributed by atoms with Crippen molar-refractivity contribution in [2.45, 2.75) is 32.1 Å². The molecular formula is C19H21NO2S. The van der Waals surface area contributed by atoms with Gasteiger partial charge in [0.25, 0.3) is 0 Å². The van der Waals surface area contributed by atoms with Gasteiger partial charge in [-0.05, 0) is 56.7 Å². The van der Waals surface area contributed by atoms with E-state index in [0.717, 1.165) is 11.4 Å². The topological polar surface area (TPSA) is 46.2 Å². The molecule has 0 heterocycles. The Bertz CT molecular complexity index is 708. The molecular weight excluding hydrogens is 306 g/mol. The van der Waals surface area contributed by atoms with Gasteiger partial charge >= 0.3 is 0 Å². The van der Waals surface area contributed by atoms with Crippen LogP contribution in [0.1, 0.15) is 34.8 Å². The normalized spacial score (nSPS) is 10.4. The van der Waals surface area contributed by atoms with E-state index in [9.17, 15) is 9.59 Å². The first kappa shape index (κ1) is 17.3. The second kappa shape index (κ2) is 7.97. The fourth-order valence-electron chi connectivity index (χ4n) is 2.13. The van der Waals surface area contributed by atoms with Crippen molar-refractivity contribution in [1.29, 1.82) is 0 Å². The average molecular weight is 327 g/mol. The minimum absolute atomic E-state index is 0.0154. The zero-order valence-electron chi connectivity index (χ0n) is 13.7. The Hall–Kier alpha value is -2.07. The minimum atomic E-state index is -0.0154. The maximum Gasteiger partial charge on any atom is 0.225 e. The second-order valence-corrected chi connectivity index (χ2v) is 6.69. The molecule has 1 N–H and O–H groups in total. The number of carbonyl (C=O) groups excluding carboxylic acids is 2. The standard InChI is InChI=1S/C19H21NO2S/c1-13-4-5-14(2)18(12-13)23-11-10-19(22)20-17-8-6-16(7-9-17)15(3)21/h4-9,12H,10-11H2,1-3H3,(H,20,22). The van der Waals surface area contributed by atoms with Crippen molar-refractivity contribution in [1.82, 2.24) is 0 Å². The lowest BCUT2D eigenvalue weighted by Crippen LogP contribution is -2.12. The highest BCUT2D eigenvalue weighted by molar-refractivity contribution is 7.99. The molecule has 0 unspecified atom stereocenters. The highest BCUT2D eigenvalue weighted by Crippen LogP contribution is 2.24. The molecule has 3 nitrogen and oxygen atoms in total. The Morgan fingerprint density at radius 1 is 1.04 bits per heavy atom. The van der Waals surface area contributed by atoms with Crippen LogP contribution >= 0.6 is 11.8 Å². The molecule has 0 saturated carbocycles. The van der Waals surface area contributed by atoms with E-state index in [1.54, 1.807) is 36.0 Å². The SMILES string of the molecule is CC(=O)c1ccc(NC(=O)CCSc2cc(C)ccc2C)cc1. The lowest BCUT2D eigenvalue weighted by atomic mass is 10.1. The van der Waals surface area contributed by atoms with E-state index in [1.807, 2.05) is 0 Å². The van der Waals surface area contributed by atoms with E-state index in [4.69, 9.17) is 0 Å². The molecule has 2 aromatic rings. The van der Waals surface area contributed by atoms with Gasteiger partial charge in [-0.25, -0.2) is 0 Å². The van der Waals surface area contributed by atoms with Crippen molar-refractivity contribution in [3.05, 3.63) is 59.2 Å². The number of hydrogen-bond donors (Lipinski definition) is 1. The first-order chi connectivity index (χ1) is 11.0. The summed E-state index contributed by atoms with van der Waals surface area (Å²) < 4.78 is 0. The van der Waals surface area contributed by atoms with E-state index in [0.29, 0.717) is 12.0 Å². The van der Waals surface area contributed by atoms with Gasteiger partial charge in [0.2, 0.25) is 5.91 Å². The number of anilines is 1. The van der Waals surface area contributed by atoms with Crippen LogP contribution in [0.2, 0.25) is 0 Å². The minimum Gasteiger partial charge on any atom is -0.326 e. The fourth-order valence-corrected chi connectivity index (χ4v) is 3.20. The molecule has 1 amide bonds. The number of hydrogen-bond acceptors (Lipinski definition) is 3. The summed E-state index contributed by atoms with van der Waals surface area (Å²) in [6.45, 7) is 5.68. The summed E-state index contributed by atoms with van der Waals surface area (Å²) in [4.78, 5) is 24.4. The number of amides is 1. The largest absolute Gasteiger partial charge is 0.326 e. The van der Waals surface area contributed by atoms with Crippen LogP contribution in [0.15, 0.2) is 47.4 Å². The van der Waals surface area contributed by atoms with Crippen molar-refractivity contribution >= 4 is 29.1 Å². The van der Waals surface area contributed by atoms with Gasteiger partial charge in [-0.2, -0.15) is 0 Å². The molecule has 0 atom stereocenters. The maximum absolute atomic E-state index is 12.0. The molecule has 0 aliphatic carbocycles. The summed E-state index contributed by atoms with van der Waals surface area (Å²) in [5.41, 5.74) is 3.83. The monoisotopic (exact) mass is 327 g/mol. The van der Waals surface area contributed by atoms with Gasteiger partial charge in [0.15, 0.2) is 5.78 Å². The second-order valence-electron chi connectivity index (χ2n) is 5.55. The van der Waals surface area contributed by atoms with Crippen LogP contribution in [-0.2, 0) is 4.79 Å². The van der Waals surface area contributed by atoms with Gasteiger partial charge < -0.3 is 5.32 Å². The van der Waals surface area contributed by atoms with Crippen LogP contribution in [0.25, 0.3) is 0 Å². The summed E-state index contributed by atoms with van der Waals surface area (Å²) >= 11 is 1.70. The van der Waals surface area contributed by atoms with Crippen molar-refractivity contribution in [2.24, 2.45) is 0 Å². The zero-order valence-corrected chi connectivity index (χ0v) is 14.5. The summed E-state index contributed by atoms with van der Waals surface area (Å²) in [5.74, 6) is 0.743. The van der Waals surface area contributed by atoms with Crippen LogP contribution < -0.4 is 5.32 Å². The van der Waals surface area contributed by atoms with Gasteiger partial charge in [0, 0.05) is 28.3 Å². The third-order valence-electron chi connectivity index (χ3n) is 3.51. The summed E-state index contributed by atoms with van der Waals surface area (Å²) in [6, 6.07) is 13.3. The fraction of sp³-hybridized carbons (Fsp3) is 0.263. The molecule has 2 aromatic carbocycles. The van der Waals surface area contributed by atoms with Gasteiger partial charge in [0.05, 0.1) is 0 Å². The molecule has 0 fully saturated rings. The van der Waals surface area contributed by atoms with Crippen LogP contribution in [0.5, 0.6) is 0 Å². The van der Waals surface area contributed by atoms with Crippen LogP contribution in [-0.4, -0.2) is 17.4 Å². The maximum atomic E-state index is 12.0. The zero-order chi connectivity index (χ0) is 16.8. The van der Waals surface area contributed by atoms with E-state index < -0.39 is 0 Å². The molecule has 0 radical (unpaired) electrons. The Morgan fingerprint density at radius 2 is 1.74 bits per heavy atom. The van der Waals surface area contributed by atoms with Crippen LogP contribution in [0.3, 0.4) is 0 Å². The Balaban J connectivity index is 1.83. The van der Waals surface area contributed by atoms with Crippen molar-refractivity contribution < 1.29 is 9.59 Å². The predicted molar refractivity (Wildman–Crippen MR) is 96.3 cm³/mol. The highest BCUT2D eigenvalue weighted by atomic mass is 32.2. The lowest BCUT2D eigenvalue weighted by Gasteiger charge is -2.08. The molecule has 2 rings (SSSR count). The quantitative estimate of drug-likeness (QED) is 0.621. The molecule has 120 valence electrons. The Labute approximate surface area is 141 Å². The summed E-state index contributed by atoms with van der Waals surface area (Å²) in [6.07, 6.45) is 0.451. The molecule has 4 heteroatoms. The smallest absolute Gasteiger partial charge is 0.225 e. The molecule has 0 spiro atoms. The molecule has 0 bridgehead atoms. The van der Waals surface area contributed by atoms with Crippen molar-refractivity contribution in [3.63, 3.8) is 0 Å². The number of carbonyl (C=O) groups is 2. The van der Waals surface area contributed by atoms with Gasteiger partial charge in [-0.3, -0.25) is 9.59 Å². The van der Waals surface area contributed by atoms with Crippen molar-refractivity contribution in [2.75, 3.05) is 11.1 Å². The number of Topliss-reactive ketones (excluding diaryl/α,β-unsaturated/α-hetero) is 1. The number of aryl methyl sites for hydroxylation is 2. The molecule has 0 aliphatic rings. The number of benzene rings is 2. The van der Waals surface area contributed by atoms with E-state index in [2.05, 4.69) is 37.4 Å². The number of nitrogens with one attached hydrogen (secondary N) is 1. The Morgan fingerprint density at radius 3 is 2.39 bits per heavy atom. The number of ketones is 1. The van der Waals surface area contributed by atoms with Crippen LogP contribution in [0, 0.1) is 13.8 Å². The number of rotatable bonds is 6.